The SMILES string of the molecule is O=C1COc2c(cccc2NC(=O)N2CC3(CCC3)c3ccccc32)N1. The molecule has 1 spiro atoms. The quantitative estimate of drug-likeness (QED) is 0.828. The number of urea groups is 1. The minimum atomic E-state index is -0.193. The minimum absolute atomic E-state index is 0.0461. The standard InChI is InChI=1S/C20H19N3O3/c24-17-11-26-18-14(21-17)6-3-7-15(18)22-19(25)23-12-20(9-4-10-20)13-5-1-2-8-16(13)23/h1-3,5-8H,4,9-12H2,(H,21,24)(H,22,25). The Balaban J connectivity index is 1.44. The third-order valence-corrected chi connectivity index (χ3v) is 5.66. The Morgan fingerprint density at radius 2 is 2.00 bits per heavy atom. The number of fused-ring (bicyclic) bond motifs is 3. The average Bonchev–Trinajstić information content (AvgIpc) is 2.98. The molecule has 2 aromatic carbocycles. The van der Waals surface area contributed by atoms with Crippen LogP contribution in [0.4, 0.5) is 21.9 Å². The van der Waals surface area contributed by atoms with E-state index in [4.69, 9.17) is 4.74 Å². The first-order chi connectivity index (χ1) is 12.7. The van der Waals surface area contributed by atoms with E-state index in [9.17, 15) is 9.59 Å². The third kappa shape index (κ3) is 2.18. The number of benzene rings is 2. The highest BCUT2D eigenvalue weighted by molar-refractivity contribution is 6.06. The van der Waals surface area contributed by atoms with Crippen molar-refractivity contribution in [2.75, 3.05) is 28.7 Å². The van der Waals surface area contributed by atoms with Crippen LogP contribution < -0.4 is 20.3 Å². The highest BCUT2D eigenvalue weighted by Gasteiger charge is 2.48. The second kappa shape index (κ2) is 5.49. The molecule has 0 aromatic heterocycles. The van der Waals surface area contributed by atoms with Gasteiger partial charge in [-0.05, 0) is 36.6 Å². The summed E-state index contributed by atoms with van der Waals surface area (Å²) < 4.78 is 5.53. The van der Waals surface area contributed by atoms with Crippen LogP contribution in [0.25, 0.3) is 0 Å². The highest BCUT2D eigenvalue weighted by atomic mass is 16.5. The molecule has 0 unspecified atom stereocenters. The van der Waals surface area contributed by atoms with E-state index in [0.717, 1.165) is 18.5 Å². The largest absolute Gasteiger partial charge is 0.479 e. The van der Waals surface area contributed by atoms with Crippen molar-refractivity contribution in [3.8, 4) is 5.75 Å². The molecule has 3 aliphatic rings. The van der Waals surface area contributed by atoms with Crippen molar-refractivity contribution in [1.82, 2.24) is 0 Å². The van der Waals surface area contributed by atoms with Crippen molar-refractivity contribution in [3.63, 3.8) is 0 Å². The second-order valence-electron chi connectivity index (χ2n) is 7.19. The Bertz CT molecular complexity index is 920. The molecule has 132 valence electrons. The molecule has 0 radical (unpaired) electrons. The van der Waals surface area contributed by atoms with E-state index in [-0.39, 0.29) is 24.0 Å². The van der Waals surface area contributed by atoms with Gasteiger partial charge in [-0.2, -0.15) is 0 Å². The molecule has 26 heavy (non-hydrogen) atoms. The Morgan fingerprint density at radius 3 is 2.81 bits per heavy atom. The van der Waals surface area contributed by atoms with Gasteiger partial charge in [-0.3, -0.25) is 9.69 Å². The maximum Gasteiger partial charge on any atom is 0.326 e. The van der Waals surface area contributed by atoms with E-state index in [1.165, 1.54) is 12.0 Å². The van der Waals surface area contributed by atoms with Gasteiger partial charge < -0.3 is 15.4 Å². The Labute approximate surface area is 151 Å². The molecule has 2 heterocycles. The zero-order valence-corrected chi connectivity index (χ0v) is 14.2. The van der Waals surface area contributed by atoms with Crippen molar-refractivity contribution in [3.05, 3.63) is 48.0 Å². The number of carbonyl (C=O) groups is 2. The number of nitrogens with one attached hydrogen (secondary N) is 2. The molecule has 2 aliphatic heterocycles. The van der Waals surface area contributed by atoms with Gasteiger partial charge in [0.05, 0.1) is 11.4 Å². The minimum Gasteiger partial charge on any atom is -0.479 e. The topological polar surface area (TPSA) is 70.7 Å². The summed E-state index contributed by atoms with van der Waals surface area (Å²) in [4.78, 5) is 26.3. The summed E-state index contributed by atoms with van der Waals surface area (Å²) in [6.45, 7) is 0.667. The average molecular weight is 349 g/mol. The molecule has 2 N–H and O–H groups in total. The zero-order valence-electron chi connectivity index (χ0n) is 14.2. The van der Waals surface area contributed by atoms with Crippen LogP contribution in [0.3, 0.4) is 0 Å². The zero-order chi connectivity index (χ0) is 17.7. The predicted octanol–water partition coefficient (Wildman–Crippen LogP) is 3.49. The summed E-state index contributed by atoms with van der Waals surface area (Å²) in [5.41, 5.74) is 3.54. The van der Waals surface area contributed by atoms with Gasteiger partial charge in [-0.1, -0.05) is 30.7 Å². The van der Waals surface area contributed by atoms with Crippen LogP contribution >= 0.6 is 0 Å². The number of hydrogen-bond donors (Lipinski definition) is 2. The van der Waals surface area contributed by atoms with Gasteiger partial charge in [0, 0.05) is 17.6 Å². The molecule has 1 saturated carbocycles. The lowest BCUT2D eigenvalue weighted by Crippen LogP contribution is -2.43. The van der Waals surface area contributed by atoms with Crippen LogP contribution in [-0.4, -0.2) is 25.1 Å². The summed E-state index contributed by atoms with van der Waals surface area (Å²) in [6, 6.07) is 13.3. The van der Waals surface area contributed by atoms with E-state index in [2.05, 4.69) is 16.7 Å². The summed E-state index contributed by atoms with van der Waals surface area (Å²) in [6.07, 6.45) is 3.47. The van der Waals surface area contributed by atoms with Gasteiger partial charge >= 0.3 is 6.03 Å². The summed E-state index contributed by atoms with van der Waals surface area (Å²) in [7, 11) is 0. The lowest BCUT2D eigenvalue weighted by Gasteiger charge is -2.38. The van der Waals surface area contributed by atoms with E-state index < -0.39 is 0 Å². The maximum absolute atomic E-state index is 13.0. The molecular weight excluding hydrogens is 330 g/mol. The number of rotatable bonds is 1. The van der Waals surface area contributed by atoms with E-state index in [1.807, 2.05) is 23.1 Å². The number of anilines is 3. The molecule has 1 fully saturated rings. The molecule has 5 rings (SSSR count). The molecule has 1 aliphatic carbocycles. The van der Waals surface area contributed by atoms with Gasteiger partial charge in [0.2, 0.25) is 0 Å². The Morgan fingerprint density at radius 1 is 1.15 bits per heavy atom. The van der Waals surface area contributed by atoms with E-state index in [1.54, 1.807) is 18.2 Å². The van der Waals surface area contributed by atoms with Crippen LogP contribution in [-0.2, 0) is 10.2 Å². The lowest BCUT2D eigenvalue weighted by atomic mass is 9.66. The Hall–Kier alpha value is -3.02. The number of para-hydroxylation sites is 2. The van der Waals surface area contributed by atoms with Crippen molar-refractivity contribution < 1.29 is 14.3 Å². The van der Waals surface area contributed by atoms with Crippen LogP contribution in [0.2, 0.25) is 0 Å². The molecule has 3 amide bonds. The van der Waals surface area contributed by atoms with Crippen LogP contribution in [0.5, 0.6) is 5.75 Å². The fourth-order valence-corrected chi connectivity index (χ4v) is 4.24. The van der Waals surface area contributed by atoms with Gasteiger partial charge in [0.1, 0.15) is 0 Å². The van der Waals surface area contributed by atoms with Crippen molar-refractivity contribution in [1.29, 1.82) is 0 Å². The predicted molar refractivity (Wildman–Crippen MR) is 98.9 cm³/mol. The van der Waals surface area contributed by atoms with Crippen LogP contribution in [0.1, 0.15) is 24.8 Å². The monoisotopic (exact) mass is 349 g/mol. The number of amides is 3. The smallest absolute Gasteiger partial charge is 0.326 e. The normalized spacial score (nSPS) is 19.1. The van der Waals surface area contributed by atoms with E-state index in [0.29, 0.717) is 23.7 Å². The number of ether oxygens (including phenoxy) is 1. The summed E-state index contributed by atoms with van der Waals surface area (Å²) in [5.74, 6) is 0.313. The highest BCUT2D eigenvalue weighted by Crippen LogP contribution is 2.52. The lowest BCUT2D eigenvalue weighted by molar-refractivity contribution is -0.118. The molecular formula is C20H19N3O3. The maximum atomic E-state index is 13.0. The number of carbonyl (C=O) groups excluding carboxylic acids is 2. The van der Waals surface area contributed by atoms with Gasteiger partial charge in [-0.25, -0.2) is 4.79 Å². The molecule has 6 nitrogen and oxygen atoms in total. The van der Waals surface area contributed by atoms with Crippen LogP contribution in [0, 0.1) is 0 Å². The van der Waals surface area contributed by atoms with Crippen molar-refractivity contribution in [2.24, 2.45) is 0 Å². The summed E-state index contributed by atoms with van der Waals surface area (Å²) in [5, 5.41) is 5.73. The second-order valence-corrected chi connectivity index (χ2v) is 7.19. The molecule has 6 heteroatoms. The molecule has 0 atom stereocenters. The van der Waals surface area contributed by atoms with Gasteiger partial charge in [0.25, 0.3) is 5.91 Å². The van der Waals surface area contributed by atoms with E-state index >= 15 is 0 Å². The number of hydrogen-bond acceptors (Lipinski definition) is 3. The first-order valence-electron chi connectivity index (χ1n) is 8.90. The van der Waals surface area contributed by atoms with Gasteiger partial charge in [0.15, 0.2) is 12.4 Å². The fraction of sp³-hybridized carbons (Fsp3) is 0.300. The molecule has 0 saturated heterocycles. The first kappa shape index (κ1) is 15.3. The van der Waals surface area contributed by atoms with Crippen molar-refractivity contribution in [2.45, 2.75) is 24.7 Å². The van der Waals surface area contributed by atoms with Crippen molar-refractivity contribution >= 4 is 29.0 Å². The van der Waals surface area contributed by atoms with Gasteiger partial charge in [-0.15, -0.1) is 0 Å². The number of nitrogens with zero attached hydrogens (tertiary/aromatic N) is 1. The fourth-order valence-electron chi connectivity index (χ4n) is 4.24. The first-order valence-corrected chi connectivity index (χ1v) is 8.90. The molecule has 2 aromatic rings. The molecule has 0 bridgehead atoms. The third-order valence-electron chi connectivity index (χ3n) is 5.66. The van der Waals surface area contributed by atoms with Crippen LogP contribution in [0.15, 0.2) is 42.5 Å². The summed E-state index contributed by atoms with van der Waals surface area (Å²) >= 11 is 0. The Kier molecular flexibility index (Phi) is 3.22.